The van der Waals surface area contributed by atoms with E-state index in [0.717, 1.165) is 22.7 Å². The maximum absolute atomic E-state index is 11.3. The van der Waals surface area contributed by atoms with Crippen LogP contribution in [0.2, 0.25) is 5.02 Å². The summed E-state index contributed by atoms with van der Waals surface area (Å²) in [5.41, 5.74) is 3.09. The summed E-state index contributed by atoms with van der Waals surface area (Å²) in [5.74, 6) is 1.70. The fraction of sp³-hybridized carbons (Fsp3) is 0.444. The second kappa shape index (κ2) is 5.81. The highest BCUT2D eigenvalue weighted by molar-refractivity contribution is 6.30. The molecule has 1 saturated carbocycles. The molecule has 24 heavy (non-hydrogen) atoms. The maximum atomic E-state index is 11.3. The van der Waals surface area contributed by atoms with E-state index in [2.05, 4.69) is 29.1 Å². The van der Waals surface area contributed by atoms with Crippen molar-refractivity contribution in [3.8, 4) is 5.75 Å². The van der Waals surface area contributed by atoms with E-state index in [1.165, 1.54) is 6.92 Å². The Morgan fingerprint density at radius 1 is 1.38 bits per heavy atom. The molecule has 0 radical (unpaired) electrons. The van der Waals surface area contributed by atoms with Gasteiger partial charge in [-0.05, 0) is 36.1 Å². The molecule has 0 unspecified atom stereocenters. The predicted octanol–water partition coefficient (Wildman–Crippen LogP) is 4.25. The number of carbonyl (C=O) groups is 1. The van der Waals surface area contributed by atoms with Crippen LogP contribution in [0.1, 0.15) is 49.6 Å². The molecule has 1 aromatic carbocycles. The van der Waals surface area contributed by atoms with Crippen LogP contribution in [0.4, 0.5) is 5.95 Å². The highest BCUT2D eigenvalue weighted by atomic mass is 35.5. The molecule has 2 aromatic rings. The van der Waals surface area contributed by atoms with Gasteiger partial charge < -0.3 is 9.72 Å². The number of methoxy groups -OCH3 is 1. The fourth-order valence-electron chi connectivity index (χ4n) is 3.68. The summed E-state index contributed by atoms with van der Waals surface area (Å²) in [6.45, 7) is 7.89. The lowest BCUT2D eigenvalue weighted by molar-refractivity contribution is -0.114. The van der Waals surface area contributed by atoms with Crippen molar-refractivity contribution in [2.24, 2.45) is 5.41 Å². The minimum Gasteiger partial charge on any atom is -0.496 e. The second-order valence-corrected chi connectivity index (χ2v) is 7.38. The Bertz CT molecular complexity index is 798. The first kappa shape index (κ1) is 16.8. The number of aryl methyl sites for hydroxylation is 1. The van der Waals surface area contributed by atoms with Crippen LogP contribution in [0.3, 0.4) is 0 Å². The molecule has 2 N–H and O–H groups in total. The third kappa shape index (κ3) is 2.77. The summed E-state index contributed by atoms with van der Waals surface area (Å²) in [7, 11) is 1.67. The normalized spacial score (nSPS) is 21.4. The van der Waals surface area contributed by atoms with E-state index in [4.69, 9.17) is 16.3 Å². The smallest absolute Gasteiger partial charge is 0.223 e. The highest BCUT2D eigenvalue weighted by Gasteiger charge is 2.61. The Kier molecular flexibility index (Phi) is 4.08. The van der Waals surface area contributed by atoms with Crippen molar-refractivity contribution in [3.63, 3.8) is 0 Å². The van der Waals surface area contributed by atoms with Crippen molar-refractivity contribution in [1.82, 2.24) is 9.97 Å². The predicted molar refractivity (Wildman–Crippen MR) is 94.9 cm³/mol. The summed E-state index contributed by atoms with van der Waals surface area (Å²) >= 11 is 6.20. The summed E-state index contributed by atoms with van der Waals surface area (Å²) in [5, 5.41) is 3.41. The lowest BCUT2D eigenvalue weighted by atomic mass is 10.0. The largest absolute Gasteiger partial charge is 0.496 e. The molecule has 0 bridgehead atoms. The number of imidazole rings is 1. The van der Waals surface area contributed by atoms with Gasteiger partial charge in [0.15, 0.2) is 0 Å². The standard InChI is InChI=1S/C18H22ClN3O2/c1-9-16(22-17(20-9)21-10(2)23)15-14(18(15,3)4)12-8-11(19)6-7-13(12)24-5/h6-8,14-15H,1-5H3,(H2,20,21,22,23)/t14-,15+/m0/s1. The number of aromatic nitrogens is 2. The number of carbonyl (C=O) groups excluding carboxylic acids is 1. The first-order valence-electron chi connectivity index (χ1n) is 7.93. The van der Waals surface area contributed by atoms with Crippen LogP contribution < -0.4 is 10.1 Å². The summed E-state index contributed by atoms with van der Waals surface area (Å²) < 4.78 is 5.52. The minimum atomic E-state index is -0.140. The van der Waals surface area contributed by atoms with Gasteiger partial charge in [-0.3, -0.25) is 10.1 Å². The van der Waals surface area contributed by atoms with Gasteiger partial charge in [0.25, 0.3) is 0 Å². The fourth-order valence-corrected chi connectivity index (χ4v) is 3.86. The van der Waals surface area contributed by atoms with Gasteiger partial charge in [0.05, 0.1) is 12.8 Å². The number of hydrogen-bond acceptors (Lipinski definition) is 3. The number of rotatable bonds is 4. The third-order valence-electron chi connectivity index (χ3n) is 4.87. The van der Waals surface area contributed by atoms with Crippen LogP contribution in [0.15, 0.2) is 18.2 Å². The highest BCUT2D eigenvalue weighted by Crippen LogP contribution is 2.71. The number of aromatic amines is 1. The molecule has 1 aromatic heterocycles. The minimum absolute atomic E-state index is 0.0331. The number of benzene rings is 1. The molecule has 0 saturated heterocycles. The van der Waals surface area contributed by atoms with Crippen molar-refractivity contribution >= 4 is 23.5 Å². The molecule has 1 heterocycles. The van der Waals surface area contributed by atoms with Crippen LogP contribution in [0.25, 0.3) is 0 Å². The van der Waals surface area contributed by atoms with Gasteiger partial charge in [-0.1, -0.05) is 25.4 Å². The van der Waals surface area contributed by atoms with Gasteiger partial charge in [0, 0.05) is 29.5 Å². The molecule has 0 spiro atoms. The zero-order valence-corrected chi connectivity index (χ0v) is 15.3. The summed E-state index contributed by atoms with van der Waals surface area (Å²) in [4.78, 5) is 19.0. The SMILES string of the molecule is COc1ccc(Cl)cc1[C@H]1[C@H](c2nc(NC(C)=O)[nH]c2C)C1(C)C. The number of anilines is 1. The van der Waals surface area contributed by atoms with Gasteiger partial charge in [-0.2, -0.15) is 0 Å². The van der Waals surface area contributed by atoms with Crippen LogP contribution in [-0.2, 0) is 4.79 Å². The van der Waals surface area contributed by atoms with E-state index in [0.29, 0.717) is 11.0 Å². The molecular formula is C18H22ClN3O2. The number of H-pyrrole nitrogens is 1. The van der Waals surface area contributed by atoms with Gasteiger partial charge in [-0.25, -0.2) is 4.98 Å². The van der Waals surface area contributed by atoms with E-state index in [1.54, 1.807) is 7.11 Å². The quantitative estimate of drug-likeness (QED) is 0.869. The van der Waals surface area contributed by atoms with Crippen molar-refractivity contribution in [2.45, 2.75) is 39.5 Å². The third-order valence-corrected chi connectivity index (χ3v) is 5.10. The van der Waals surface area contributed by atoms with Crippen LogP contribution in [-0.4, -0.2) is 23.0 Å². The second-order valence-electron chi connectivity index (χ2n) is 6.94. The lowest BCUT2D eigenvalue weighted by Crippen LogP contribution is -2.07. The summed E-state index contributed by atoms with van der Waals surface area (Å²) in [6.07, 6.45) is 0. The average molecular weight is 348 g/mol. The molecule has 6 heteroatoms. The van der Waals surface area contributed by atoms with Crippen molar-refractivity contribution in [1.29, 1.82) is 0 Å². The van der Waals surface area contributed by atoms with Crippen LogP contribution in [0, 0.1) is 12.3 Å². The maximum Gasteiger partial charge on any atom is 0.223 e. The molecule has 0 aliphatic heterocycles. The molecule has 3 rings (SSSR count). The Morgan fingerprint density at radius 3 is 2.71 bits per heavy atom. The molecular weight excluding hydrogens is 326 g/mol. The molecule has 1 amide bonds. The molecule has 128 valence electrons. The molecule has 1 fully saturated rings. The van der Waals surface area contributed by atoms with Gasteiger partial charge in [0.1, 0.15) is 5.75 Å². The van der Waals surface area contributed by atoms with E-state index in [9.17, 15) is 4.79 Å². The number of amides is 1. The van der Waals surface area contributed by atoms with Gasteiger partial charge in [-0.15, -0.1) is 0 Å². The average Bonchev–Trinajstić information content (AvgIpc) is 2.86. The van der Waals surface area contributed by atoms with Gasteiger partial charge in [0.2, 0.25) is 11.9 Å². The van der Waals surface area contributed by atoms with E-state index in [1.807, 2.05) is 25.1 Å². The Morgan fingerprint density at radius 2 is 2.08 bits per heavy atom. The topological polar surface area (TPSA) is 67.0 Å². The summed E-state index contributed by atoms with van der Waals surface area (Å²) in [6, 6.07) is 5.72. The molecule has 1 aliphatic rings. The molecule has 2 atom stereocenters. The number of halogens is 1. The Balaban J connectivity index is 1.98. The van der Waals surface area contributed by atoms with E-state index >= 15 is 0 Å². The monoisotopic (exact) mass is 347 g/mol. The van der Waals surface area contributed by atoms with Crippen LogP contribution in [0.5, 0.6) is 5.75 Å². The van der Waals surface area contributed by atoms with Crippen molar-refractivity contribution in [3.05, 3.63) is 40.2 Å². The van der Waals surface area contributed by atoms with Crippen molar-refractivity contribution < 1.29 is 9.53 Å². The number of ether oxygens (including phenoxy) is 1. The molecule has 1 aliphatic carbocycles. The number of hydrogen-bond donors (Lipinski definition) is 2. The van der Waals surface area contributed by atoms with E-state index in [-0.39, 0.29) is 23.2 Å². The Hall–Kier alpha value is -2.01. The van der Waals surface area contributed by atoms with Crippen molar-refractivity contribution in [2.75, 3.05) is 12.4 Å². The molecule has 5 nitrogen and oxygen atoms in total. The van der Waals surface area contributed by atoms with Gasteiger partial charge >= 0.3 is 0 Å². The zero-order valence-electron chi connectivity index (χ0n) is 14.5. The Labute approximate surface area is 146 Å². The zero-order chi connectivity index (χ0) is 17.6. The number of nitrogens with one attached hydrogen (secondary N) is 2. The first-order valence-corrected chi connectivity index (χ1v) is 8.31. The van der Waals surface area contributed by atoms with Crippen LogP contribution >= 0.6 is 11.6 Å². The van der Waals surface area contributed by atoms with E-state index < -0.39 is 0 Å². The number of nitrogens with zero attached hydrogens (tertiary/aromatic N) is 1. The first-order chi connectivity index (χ1) is 11.3. The lowest BCUT2D eigenvalue weighted by Gasteiger charge is -2.10.